The average molecular weight is 725 g/mol. The second kappa shape index (κ2) is 13.5. The van der Waals surface area contributed by atoms with Crippen LogP contribution in [0.15, 0.2) is 72.1 Å². The van der Waals surface area contributed by atoms with Gasteiger partial charge in [0.25, 0.3) is 17.7 Å². The first-order chi connectivity index (χ1) is 25.2. The first-order valence-corrected chi connectivity index (χ1v) is 17.8. The van der Waals surface area contributed by atoms with Gasteiger partial charge in [0.1, 0.15) is 28.8 Å². The summed E-state index contributed by atoms with van der Waals surface area (Å²) >= 11 is 1.41. The zero-order chi connectivity index (χ0) is 36.0. The molecule has 0 radical (unpaired) electrons. The monoisotopic (exact) mass is 724 g/mol. The number of carbonyl (C=O) groups excluding carboxylic acids is 3. The Kier molecular flexibility index (Phi) is 8.71. The molecule has 8 rings (SSSR count). The number of amides is 3. The number of aromatic amines is 1. The van der Waals surface area contributed by atoms with Crippen molar-refractivity contribution in [2.45, 2.75) is 19.3 Å². The van der Waals surface area contributed by atoms with Gasteiger partial charge < -0.3 is 34.9 Å². The number of para-hydroxylation sites is 1. The van der Waals surface area contributed by atoms with Gasteiger partial charge in [-0.1, -0.05) is 6.07 Å². The van der Waals surface area contributed by atoms with Crippen LogP contribution in [0.3, 0.4) is 0 Å². The largest absolute Gasteiger partial charge is 0.481 e. The molecule has 0 saturated carbocycles. The van der Waals surface area contributed by atoms with Crippen LogP contribution in [-0.4, -0.2) is 67.6 Å². The molecule has 0 aliphatic carbocycles. The Morgan fingerprint density at radius 3 is 2.44 bits per heavy atom. The van der Waals surface area contributed by atoms with E-state index in [0.717, 1.165) is 61.7 Å². The highest BCUT2D eigenvalue weighted by Crippen LogP contribution is 2.43. The van der Waals surface area contributed by atoms with Crippen LogP contribution in [0, 0.1) is 17.0 Å². The second-order valence-corrected chi connectivity index (χ2v) is 14.1. The number of aromatic nitrogens is 2. The van der Waals surface area contributed by atoms with Crippen molar-refractivity contribution in [1.82, 2.24) is 9.97 Å². The number of nitrogens with one attached hydrogen (secondary N) is 3. The van der Waals surface area contributed by atoms with Crippen molar-refractivity contribution in [3.8, 4) is 16.5 Å². The zero-order valence-corrected chi connectivity index (χ0v) is 28.9. The van der Waals surface area contributed by atoms with Gasteiger partial charge in [-0.05, 0) is 84.8 Å². The average Bonchev–Trinajstić information content (AvgIpc) is 3.77. The molecule has 1 spiro atoms. The van der Waals surface area contributed by atoms with Crippen LogP contribution in [0.25, 0.3) is 10.6 Å². The van der Waals surface area contributed by atoms with Crippen LogP contribution < -0.4 is 25.2 Å². The van der Waals surface area contributed by atoms with Crippen molar-refractivity contribution in [2.24, 2.45) is 5.41 Å². The molecule has 52 heavy (non-hydrogen) atoms. The number of halogens is 2. The Morgan fingerprint density at radius 1 is 0.962 bits per heavy atom. The SMILES string of the molecule is COc1ccc(C(=O)Nc2ccc(C(=O)N3CCc4cc(C(=O)Nc5c(F)cccc5F)[nH]c4-c4sccc43)cc2)c(N2CC3(CCOCC3)C2)n1. The number of carbonyl (C=O) groups is 3. The predicted octanol–water partition coefficient (Wildman–Crippen LogP) is 6.75. The first-order valence-electron chi connectivity index (χ1n) is 16.9. The maximum atomic E-state index is 14.2. The van der Waals surface area contributed by atoms with Gasteiger partial charge in [-0.3, -0.25) is 14.4 Å². The lowest BCUT2D eigenvalue weighted by molar-refractivity contribution is -0.000540. The number of H-pyrrole nitrogens is 1. The number of rotatable bonds is 7. The number of benzene rings is 2. The number of pyridine rings is 1. The van der Waals surface area contributed by atoms with Crippen molar-refractivity contribution < 1.29 is 32.6 Å². The lowest BCUT2D eigenvalue weighted by Gasteiger charge is -2.53. The van der Waals surface area contributed by atoms with E-state index in [1.54, 1.807) is 54.5 Å². The van der Waals surface area contributed by atoms with Crippen molar-refractivity contribution in [3.05, 3.63) is 106 Å². The maximum Gasteiger partial charge on any atom is 0.272 e. The van der Waals surface area contributed by atoms with Gasteiger partial charge >= 0.3 is 0 Å². The molecular formula is C38H34F2N6O5S. The normalized spacial score (nSPS) is 16.0. The first kappa shape index (κ1) is 33.5. The third kappa shape index (κ3) is 6.17. The summed E-state index contributed by atoms with van der Waals surface area (Å²) in [5.74, 6) is -1.97. The number of hydrogen-bond acceptors (Lipinski definition) is 8. The molecular weight excluding hydrogens is 691 g/mol. The summed E-state index contributed by atoms with van der Waals surface area (Å²) in [6, 6.07) is 17.0. The summed E-state index contributed by atoms with van der Waals surface area (Å²) < 4.78 is 39.3. The molecule has 2 aromatic carbocycles. The van der Waals surface area contributed by atoms with Crippen LogP contribution in [-0.2, 0) is 11.2 Å². The number of methoxy groups -OCH3 is 1. The maximum absolute atomic E-state index is 14.2. The van der Waals surface area contributed by atoms with Gasteiger partial charge in [0.05, 0.1) is 28.9 Å². The summed E-state index contributed by atoms with van der Waals surface area (Å²) in [5, 5.41) is 7.13. The molecule has 3 aliphatic rings. The summed E-state index contributed by atoms with van der Waals surface area (Å²) in [6.45, 7) is 3.42. The number of anilines is 4. The third-order valence-electron chi connectivity index (χ3n) is 9.96. The minimum absolute atomic E-state index is 0.148. The lowest BCUT2D eigenvalue weighted by atomic mass is 9.73. The molecule has 3 aliphatic heterocycles. The highest BCUT2D eigenvalue weighted by atomic mass is 32.1. The van der Waals surface area contributed by atoms with Gasteiger partial charge in [-0.15, -0.1) is 11.3 Å². The fourth-order valence-corrected chi connectivity index (χ4v) is 8.06. The van der Waals surface area contributed by atoms with Gasteiger partial charge in [0.2, 0.25) is 5.88 Å². The molecule has 266 valence electrons. The summed E-state index contributed by atoms with van der Waals surface area (Å²) in [4.78, 5) is 52.7. The smallest absolute Gasteiger partial charge is 0.272 e. The Hall–Kier alpha value is -5.60. The topological polar surface area (TPSA) is 129 Å². The van der Waals surface area contributed by atoms with E-state index in [1.165, 1.54) is 17.4 Å². The van der Waals surface area contributed by atoms with Gasteiger partial charge in [-0.25, -0.2) is 8.78 Å². The van der Waals surface area contributed by atoms with Crippen LogP contribution in [0.4, 0.5) is 31.7 Å². The Morgan fingerprint density at radius 2 is 1.71 bits per heavy atom. The number of ether oxygens (including phenoxy) is 2. The molecule has 14 heteroatoms. The summed E-state index contributed by atoms with van der Waals surface area (Å²) in [7, 11) is 1.55. The molecule has 0 atom stereocenters. The summed E-state index contributed by atoms with van der Waals surface area (Å²) in [5.41, 5.74) is 3.34. The predicted molar refractivity (Wildman–Crippen MR) is 194 cm³/mol. The molecule has 5 aromatic rings. The van der Waals surface area contributed by atoms with E-state index < -0.39 is 23.2 Å². The van der Waals surface area contributed by atoms with Crippen molar-refractivity contribution in [2.75, 3.05) is 60.4 Å². The summed E-state index contributed by atoms with van der Waals surface area (Å²) in [6.07, 6.45) is 2.40. The van der Waals surface area contributed by atoms with Crippen LogP contribution in [0.2, 0.25) is 0 Å². The zero-order valence-electron chi connectivity index (χ0n) is 28.1. The van der Waals surface area contributed by atoms with Crippen LogP contribution in [0.1, 0.15) is 49.6 Å². The number of thiophene rings is 1. The van der Waals surface area contributed by atoms with Crippen LogP contribution >= 0.6 is 11.3 Å². The standard InChI is InChI=1S/C38H34F2N6O5S/c1-50-30-10-9-25(34(43-30)45-20-38(21-45)13-16-51-17-14-38)35(47)41-24-7-5-22(6-8-24)37(49)46-15-11-23-19-28(42-31(23)33-29(46)12-18-52-33)36(48)44-32-26(39)3-2-4-27(32)40/h2-10,12,18-19,42H,11,13-17,20-21H2,1H3,(H,41,47)(H,44,48). The number of hydrogen-bond donors (Lipinski definition) is 3. The lowest BCUT2D eigenvalue weighted by Crippen LogP contribution is -2.59. The highest BCUT2D eigenvalue weighted by Gasteiger charge is 2.45. The minimum atomic E-state index is -0.874. The molecule has 3 aromatic heterocycles. The highest BCUT2D eigenvalue weighted by molar-refractivity contribution is 7.14. The molecule has 0 bridgehead atoms. The Bertz CT molecular complexity index is 2170. The van der Waals surface area contributed by atoms with Crippen molar-refractivity contribution in [3.63, 3.8) is 0 Å². The van der Waals surface area contributed by atoms with E-state index in [2.05, 4.69) is 25.5 Å². The number of nitrogens with zero attached hydrogens (tertiary/aromatic N) is 3. The van der Waals surface area contributed by atoms with E-state index in [1.807, 2.05) is 11.4 Å². The van der Waals surface area contributed by atoms with Crippen LogP contribution in [0.5, 0.6) is 5.88 Å². The Labute approximate surface area is 301 Å². The Balaban J connectivity index is 0.962. The van der Waals surface area contributed by atoms with E-state index >= 15 is 0 Å². The molecule has 0 unspecified atom stereocenters. The fraction of sp³-hybridized carbons (Fsp3) is 0.263. The van der Waals surface area contributed by atoms with Crippen molar-refractivity contribution >= 4 is 51.9 Å². The third-order valence-corrected chi connectivity index (χ3v) is 10.9. The van der Waals surface area contributed by atoms with Crippen molar-refractivity contribution in [1.29, 1.82) is 0 Å². The second-order valence-electron chi connectivity index (χ2n) is 13.2. The van der Waals surface area contributed by atoms with Gasteiger partial charge in [0.15, 0.2) is 0 Å². The molecule has 6 heterocycles. The fourth-order valence-electron chi connectivity index (χ4n) is 7.13. The number of fused-ring (bicyclic) bond motifs is 3. The van der Waals surface area contributed by atoms with E-state index in [0.29, 0.717) is 52.9 Å². The van der Waals surface area contributed by atoms with E-state index in [9.17, 15) is 23.2 Å². The van der Waals surface area contributed by atoms with E-state index in [4.69, 9.17) is 9.47 Å². The minimum Gasteiger partial charge on any atom is -0.481 e. The van der Waals surface area contributed by atoms with Gasteiger partial charge in [0, 0.05) is 55.6 Å². The van der Waals surface area contributed by atoms with E-state index in [-0.39, 0.29) is 22.9 Å². The van der Waals surface area contributed by atoms with Gasteiger partial charge in [-0.2, -0.15) is 4.98 Å². The quantitative estimate of drug-likeness (QED) is 0.170. The molecule has 3 amide bonds. The molecule has 11 nitrogen and oxygen atoms in total. The molecule has 3 N–H and O–H groups in total. The molecule has 2 saturated heterocycles. The molecule has 2 fully saturated rings.